The van der Waals surface area contributed by atoms with E-state index in [2.05, 4.69) is 5.32 Å². The van der Waals surface area contributed by atoms with Crippen LogP contribution in [0.3, 0.4) is 0 Å². The highest BCUT2D eigenvalue weighted by atomic mass is 32.2. The fraction of sp³-hybridized carbons (Fsp3) is 0.333. The van der Waals surface area contributed by atoms with Gasteiger partial charge in [-0.25, -0.2) is 17.2 Å². The van der Waals surface area contributed by atoms with Crippen LogP contribution in [0, 0.1) is 11.6 Å². The van der Waals surface area contributed by atoms with E-state index in [0.717, 1.165) is 16.1 Å². The predicted molar refractivity (Wildman–Crippen MR) is 152 cm³/mol. The van der Waals surface area contributed by atoms with Crippen LogP contribution in [0.5, 0.6) is 0 Å². The molecular weight excluding hydrogens is 536 g/mol. The standard InChI is InChI=1S/C30H35F2N3O4S/c1-3-19-33-30(37)28(21-23-10-5-4-6-11-23)34(22-24-15-17-25(31)18-16-24)29(36)14-9-20-35(40(2,38)39)27-13-8-7-12-26(27)32/h4-8,10-13,15-18,28H,3,9,14,19-22H2,1-2H3,(H,33,37). The van der Waals surface area contributed by atoms with Crippen molar-refractivity contribution >= 4 is 27.5 Å². The third-order valence-electron chi connectivity index (χ3n) is 6.36. The van der Waals surface area contributed by atoms with E-state index < -0.39 is 27.7 Å². The molecule has 0 aliphatic heterocycles. The van der Waals surface area contributed by atoms with Crippen LogP contribution in [-0.2, 0) is 32.6 Å². The summed E-state index contributed by atoms with van der Waals surface area (Å²) in [7, 11) is -3.82. The number of anilines is 1. The van der Waals surface area contributed by atoms with Crippen molar-refractivity contribution in [2.45, 2.75) is 45.2 Å². The molecule has 0 aliphatic rings. The Kier molecular flexibility index (Phi) is 11.2. The van der Waals surface area contributed by atoms with Gasteiger partial charge in [-0.2, -0.15) is 0 Å². The fourth-order valence-corrected chi connectivity index (χ4v) is 5.31. The van der Waals surface area contributed by atoms with Crippen LogP contribution in [0.25, 0.3) is 0 Å². The van der Waals surface area contributed by atoms with Crippen LogP contribution < -0.4 is 9.62 Å². The molecule has 0 saturated heterocycles. The van der Waals surface area contributed by atoms with Gasteiger partial charge in [0, 0.05) is 32.5 Å². The second-order valence-corrected chi connectivity index (χ2v) is 11.4. The van der Waals surface area contributed by atoms with Gasteiger partial charge in [-0.1, -0.05) is 61.5 Å². The summed E-state index contributed by atoms with van der Waals surface area (Å²) < 4.78 is 53.8. The van der Waals surface area contributed by atoms with Crippen molar-refractivity contribution in [3.05, 3.63) is 102 Å². The van der Waals surface area contributed by atoms with Crippen LogP contribution in [0.1, 0.15) is 37.3 Å². The lowest BCUT2D eigenvalue weighted by atomic mass is 10.0. The molecule has 3 aromatic rings. The molecule has 0 spiro atoms. The van der Waals surface area contributed by atoms with Crippen LogP contribution >= 0.6 is 0 Å². The normalized spacial score (nSPS) is 12.0. The highest BCUT2D eigenvalue weighted by Crippen LogP contribution is 2.23. The molecule has 2 amide bonds. The van der Waals surface area contributed by atoms with E-state index in [-0.39, 0.29) is 49.9 Å². The van der Waals surface area contributed by atoms with Crippen LogP contribution in [-0.4, -0.2) is 50.5 Å². The van der Waals surface area contributed by atoms with Gasteiger partial charge < -0.3 is 10.2 Å². The van der Waals surface area contributed by atoms with Crippen molar-refractivity contribution in [1.29, 1.82) is 0 Å². The Balaban J connectivity index is 1.87. The number of para-hydroxylation sites is 1. The molecule has 0 heterocycles. The van der Waals surface area contributed by atoms with Gasteiger partial charge in [-0.15, -0.1) is 0 Å². The molecule has 0 radical (unpaired) electrons. The van der Waals surface area contributed by atoms with Gasteiger partial charge >= 0.3 is 0 Å². The maximum Gasteiger partial charge on any atom is 0.243 e. The van der Waals surface area contributed by atoms with E-state index in [0.29, 0.717) is 18.5 Å². The topological polar surface area (TPSA) is 86.8 Å². The van der Waals surface area contributed by atoms with Crippen molar-refractivity contribution in [2.24, 2.45) is 0 Å². The van der Waals surface area contributed by atoms with E-state index >= 15 is 0 Å². The van der Waals surface area contributed by atoms with Gasteiger partial charge in [0.05, 0.1) is 11.9 Å². The molecule has 3 rings (SSSR count). The molecule has 0 saturated carbocycles. The zero-order valence-electron chi connectivity index (χ0n) is 22.7. The van der Waals surface area contributed by atoms with E-state index in [1.54, 1.807) is 12.1 Å². The second kappa shape index (κ2) is 14.6. The molecule has 0 fully saturated rings. The van der Waals surface area contributed by atoms with E-state index in [9.17, 15) is 26.8 Å². The molecule has 0 aliphatic carbocycles. The SMILES string of the molecule is CCCNC(=O)C(Cc1ccccc1)N(Cc1ccc(F)cc1)C(=O)CCCN(c1ccccc1F)S(C)(=O)=O. The largest absolute Gasteiger partial charge is 0.354 e. The Hall–Kier alpha value is -3.79. The number of hydrogen-bond donors (Lipinski definition) is 1. The van der Waals surface area contributed by atoms with Crippen molar-refractivity contribution in [2.75, 3.05) is 23.7 Å². The molecule has 1 atom stereocenters. The maximum absolute atomic E-state index is 14.4. The van der Waals surface area contributed by atoms with E-state index in [1.165, 1.54) is 41.3 Å². The quantitative estimate of drug-likeness (QED) is 0.305. The molecule has 1 unspecified atom stereocenters. The van der Waals surface area contributed by atoms with Gasteiger partial charge in [-0.05, 0) is 48.2 Å². The fourth-order valence-electron chi connectivity index (χ4n) is 4.34. The summed E-state index contributed by atoms with van der Waals surface area (Å²) in [6.07, 6.45) is 1.96. The van der Waals surface area contributed by atoms with Gasteiger partial charge in [-0.3, -0.25) is 13.9 Å². The number of hydrogen-bond acceptors (Lipinski definition) is 4. The summed E-state index contributed by atoms with van der Waals surface area (Å²) in [6, 6.07) is 19.7. The molecule has 214 valence electrons. The number of carbonyl (C=O) groups is 2. The Labute approximate surface area is 234 Å². The van der Waals surface area contributed by atoms with Crippen molar-refractivity contribution in [3.8, 4) is 0 Å². The molecule has 10 heteroatoms. The molecular formula is C30H35F2N3O4S. The smallest absolute Gasteiger partial charge is 0.243 e. The number of nitrogens with zero attached hydrogens (tertiary/aromatic N) is 2. The monoisotopic (exact) mass is 571 g/mol. The number of nitrogens with one attached hydrogen (secondary N) is 1. The summed E-state index contributed by atoms with van der Waals surface area (Å²) in [6.45, 7) is 2.30. The summed E-state index contributed by atoms with van der Waals surface area (Å²) in [5, 5.41) is 2.88. The third kappa shape index (κ3) is 8.87. The number of rotatable bonds is 14. The summed E-state index contributed by atoms with van der Waals surface area (Å²) in [4.78, 5) is 28.5. The average molecular weight is 572 g/mol. The number of benzene rings is 3. The number of amides is 2. The minimum Gasteiger partial charge on any atom is -0.354 e. The number of halogens is 2. The van der Waals surface area contributed by atoms with Crippen LogP contribution in [0.4, 0.5) is 14.5 Å². The predicted octanol–water partition coefficient (Wildman–Crippen LogP) is 4.68. The maximum atomic E-state index is 14.4. The van der Waals surface area contributed by atoms with Crippen molar-refractivity contribution < 1.29 is 26.8 Å². The summed E-state index contributed by atoms with van der Waals surface area (Å²) in [5.74, 6) is -1.80. The molecule has 1 N–H and O–H groups in total. The van der Waals surface area contributed by atoms with E-state index in [1.807, 2.05) is 37.3 Å². The van der Waals surface area contributed by atoms with Gasteiger partial charge in [0.1, 0.15) is 17.7 Å². The first kappa shape index (κ1) is 30.7. The Morgan fingerprint density at radius 1 is 0.900 bits per heavy atom. The second-order valence-electron chi connectivity index (χ2n) is 9.53. The highest BCUT2D eigenvalue weighted by Gasteiger charge is 2.30. The first-order valence-corrected chi connectivity index (χ1v) is 15.0. The van der Waals surface area contributed by atoms with E-state index in [4.69, 9.17) is 0 Å². The zero-order valence-corrected chi connectivity index (χ0v) is 23.5. The molecule has 0 bridgehead atoms. The van der Waals surface area contributed by atoms with Gasteiger partial charge in [0.25, 0.3) is 0 Å². The zero-order chi connectivity index (χ0) is 29.1. The lowest BCUT2D eigenvalue weighted by Crippen LogP contribution is -2.50. The highest BCUT2D eigenvalue weighted by molar-refractivity contribution is 7.92. The third-order valence-corrected chi connectivity index (χ3v) is 7.54. The van der Waals surface area contributed by atoms with Crippen LogP contribution in [0.15, 0.2) is 78.9 Å². The van der Waals surface area contributed by atoms with Crippen molar-refractivity contribution in [1.82, 2.24) is 10.2 Å². The Bertz CT molecular complexity index is 1370. The van der Waals surface area contributed by atoms with Crippen LogP contribution in [0.2, 0.25) is 0 Å². The lowest BCUT2D eigenvalue weighted by molar-refractivity contribution is -0.141. The Morgan fingerprint density at radius 3 is 2.17 bits per heavy atom. The molecule has 7 nitrogen and oxygen atoms in total. The van der Waals surface area contributed by atoms with Crippen molar-refractivity contribution in [3.63, 3.8) is 0 Å². The lowest BCUT2D eigenvalue weighted by Gasteiger charge is -2.32. The first-order chi connectivity index (χ1) is 19.1. The average Bonchev–Trinajstić information content (AvgIpc) is 2.93. The first-order valence-electron chi connectivity index (χ1n) is 13.2. The van der Waals surface area contributed by atoms with Gasteiger partial charge in [0.15, 0.2) is 0 Å². The molecule has 40 heavy (non-hydrogen) atoms. The molecule has 3 aromatic carbocycles. The van der Waals surface area contributed by atoms with Gasteiger partial charge in [0.2, 0.25) is 21.8 Å². The number of carbonyl (C=O) groups excluding carboxylic acids is 2. The minimum absolute atomic E-state index is 0.0548. The Morgan fingerprint density at radius 2 is 1.55 bits per heavy atom. The summed E-state index contributed by atoms with van der Waals surface area (Å²) in [5.41, 5.74) is 1.40. The summed E-state index contributed by atoms with van der Waals surface area (Å²) >= 11 is 0. The number of sulfonamides is 1. The minimum atomic E-state index is -3.82. The molecule has 0 aromatic heterocycles.